The molecule has 3 nitrogen and oxygen atoms in total. The van der Waals surface area contributed by atoms with Crippen molar-refractivity contribution >= 4 is 5.78 Å². The Hall–Kier alpha value is -1.38. The Balaban J connectivity index is 2.51. The zero-order valence-corrected chi connectivity index (χ0v) is 8.42. The standard InChI is InChI=1S/C11H14N2O/c1-3-7-13-8(2)12-11-9(13)5-4-6-10(11)14/h3H,1,4-7H2,2H3. The van der Waals surface area contributed by atoms with Crippen LogP contribution in [0.2, 0.25) is 0 Å². The summed E-state index contributed by atoms with van der Waals surface area (Å²) in [4.78, 5) is 15.9. The lowest BCUT2D eigenvalue weighted by atomic mass is 10.00. The Morgan fingerprint density at radius 3 is 3.07 bits per heavy atom. The normalized spacial score (nSPS) is 15.4. The lowest BCUT2D eigenvalue weighted by Crippen LogP contribution is -2.13. The smallest absolute Gasteiger partial charge is 0.183 e. The van der Waals surface area contributed by atoms with E-state index in [1.54, 1.807) is 0 Å². The molecule has 0 atom stereocenters. The summed E-state index contributed by atoms with van der Waals surface area (Å²) in [6, 6.07) is 0. The predicted octanol–water partition coefficient (Wildman–Crippen LogP) is 1.90. The summed E-state index contributed by atoms with van der Waals surface area (Å²) < 4.78 is 2.08. The first-order chi connectivity index (χ1) is 6.74. The summed E-state index contributed by atoms with van der Waals surface area (Å²) in [7, 11) is 0. The van der Waals surface area contributed by atoms with Crippen LogP contribution in [0.25, 0.3) is 0 Å². The van der Waals surface area contributed by atoms with Crippen LogP contribution >= 0.6 is 0 Å². The number of hydrogen-bond acceptors (Lipinski definition) is 2. The molecule has 0 aliphatic heterocycles. The SMILES string of the molecule is C=CCn1c(C)nc2c1CCCC2=O. The van der Waals surface area contributed by atoms with E-state index in [4.69, 9.17) is 0 Å². The molecular formula is C11H14N2O. The van der Waals surface area contributed by atoms with Gasteiger partial charge >= 0.3 is 0 Å². The zero-order chi connectivity index (χ0) is 10.1. The molecule has 0 bridgehead atoms. The van der Waals surface area contributed by atoms with Gasteiger partial charge in [0.15, 0.2) is 5.78 Å². The van der Waals surface area contributed by atoms with E-state index in [9.17, 15) is 4.79 Å². The molecular weight excluding hydrogens is 176 g/mol. The number of aromatic nitrogens is 2. The van der Waals surface area contributed by atoms with Gasteiger partial charge in [-0.3, -0.25) is 4.79 Å². The number of allylic oxidation sites excluding steroid dienone is 1. The van der Waals surface area contributed by atoms with Crippen molar-refractivity contribution in [1.29, 1.82) is 0 Å². The van der Waals surface area contributed by atoms with Crippen LogP contribution in [0, 0.1) is 6.92 Å². The van der Waals surface area contributed by atoms with Crippen LogP contribution in [0.1, 0.15) is 34.8 Å². The molecule has 14 heavy (non-hydrogen) atoms. The van der Waals surface area contributed by atoms with Gasteiger partial charge in [-0.25, -0.2) is 4.98 Å². The zero-order valence-electron chi connectivity index (χ0n) is 8.42. The number of hydrogen-bond donors (Lipinski definition) is 0. The maximum absolute atomic E-state index is 11.6. The minimum atomic E-state index is 0.192. The van der Waals surface area contributed by atoms with Crippen LogP contribution < -0.4 is 0 Å². The molecule has 3 heteroatoms. The topological polar surface area (TPSA) is 34.9 Å². The summed E-state index contributed by atoms with van der Waals surface area (Å²) in [6.45, 7) is 6.40. The highest BCUT2D eigenvalue weighted by Gasteiger charge is 2.23. The second kappa shape index (κ2) is 3.40. The molecule has 0 saturated carbocycles. The summed E-state index contributed by atoms with van der Waals surface area (Å²) in [6.07, 6.45) is 4.41. The van der Waals surface area contributed by atoms with Crippen molar-refractivity contribution in [2.75, 3.05) is 0 Å². The van der Waals surface area contributed by atoms with Gasteiger partial charge in [0, 0.05) is 18.7 Å². The first kappa shape index (κ1) is 9.19. The summed E-state index contributed by atoms with van der Waals surface area (Å²) >= 11 is 0. The van der Waals surface area contributed by atoms with Gasteiger partial charge in [-0.15, -0.1) is 6.58 Å². The van der Waals surface area contributed by atoms with Crippen molar-refractivity contribution in [2.45, 2.75) is 32.7 Å². The molecule has 0 fully saturated rings. The van der Waals surface area contributed by atoms with Gasteiger partial charge in [0.2, 0.25) is 0 Å². The van der Waals surface area contributed by atoms with Gasteiger partial charge in [-0.2, -0.15) is 0 Å². The Kier molecular flexibility index (Phi) is 2.23. The van der Waals surface area contributed by atoms with E-state index in [1.807, 2.05) is 13.0 Å². The molecule has 1 aliphatic carbocycles. The number of carbonyl (C=O) groups is 1. The van der Waals surface area contributed by atoms with Gasteiger partial charge in [-0.05, 0) is 19.8 Å². The number of nitrogens with zero attached hydrogens (tertiary/aromatic N) is 2. The molecule has 1 aromatic heterocycles. The Bertz CT molecular complexity index is 390. The van der Waals surface area contributed by atoms with E-state index < -0.39 is 0 Å². The van der Waals surface area contributed by atoms with Crippen molar-refractivity contribution in [3.63, 3.8) is 0 Å². The monoisotopic (exact) mass is 190 g/mol. The number of carbonyl (C=O) groups excluding carboxylic acids is 1. The van der Waals surface area contributed by atoms with Crippen LogP contribution in [0.5, 0.6) is 0 Å². The summed E-state index contributed by atoms with van der Waals surface area (Å²) in [5.41, 5.74) is 1.79. The van der Waals surface area contributed by atoms with E-state index >= 15 is 0 Å². The van der Waals surface area contributed by atoms with Crippen molar-refractivity contribution in [3.05, 3.63) is 29.9 Å². The minimum absolute atomic E-state index is 0.192. The van der Waals surface area contributed by atoms with Crippen molar-refractivity contribution in [2.24, 2.45) is 0 Å². The lowest BCUT2D eigenvalue weighted by Gasteiger charge is -2.12. The van der Waals surface area contributed by atoms with E-state index in [-0.39, 0.29) is 5.78 Å². The largest absolute Gasteiger partial charge is 0.328 e. The molecule has 1 heterocycles. The highest BCUT2D eigenvalue weighted by molar-refractivity contribution is 5.96. The van der Waals surface area contributed by atoms with Crippen molar-refractivity contribution in [3.8, 4) is 0 Å². The minimum Gasteiger partial charge on any atom is -0.328 e. The number of rotatable bonds is 2. The number of ketones is 1. The number of imidazole rings is 1. The molecule has 0 aromatic carbocycles. The fraction of sp³-hybridized carbons (Fsp3) is 0.455. The first-order valence-electron chi connectivity index (χ1n) is 4.94. The van der Waals surface area contributed by atoms with Crippen LogP contribution in [0.3, 0.4) is 0 Å². The average molecular weight is 190 g/mol. The molecule has 1 aromatic rings. The maximum atomic E-state index is 11.6. The lowest BCUT2D eigenvalue weighted by molar-refractivity contribution is 0.0967. The van der Waals surface area contributed by atoms with Crippen LogP contribution in [-0.4, -0.2) is 15.3 Å². The van der Waals surface area contributed by atoms with E-state index in [0.29, 0.717) is 12.1 Å². The second-order valence-electron chi connectivity index (χ2n) is 3.63. The van der Waals surface area contributed by atoms with E-state index in [2.05, 4.69) is 16.1 Å². The second-order valence-corrected chi connectivity index (χ2v) is 3.63. The van der Waals surface area contributed by atoms with Crippen LogP contribution in [0.15, 0.2) is 12.7 Å². The van der Waals surface area contributed by atoms with Gasteiger partial charge < -0.3 is 4.57 Å². The number of Topliss-reactive ketones (excluding diaryl/α,β-unsaturated/α-hetero) is 1. The molecule has 0 saturated heterocycles. The number of fused-ring (bicyclic) bond motifs is 1. The Labute approximate surface area is 83.5 Å². The van der Waals surface area contributed by atoms with Crippen LogP contribution in [0.4, 0.5) is 0 Å². The fourth-order valence-electron chi connectivity index (χ4n) is 1.99. The fourth-order valence-corrected chi connectivity index (χ4v) is 1.99. The van der Waals surface area contributed by atoms with Crippen LogP contribution in [-0.2, 0) is 13.0 Å². The molecule has 0 unspecified atom stereocenters. The summed E-state index contributed by atoms with van der Waals surface area (Å²) in [5, 5.41) is 0. The predicted molar refractivity (Wildman–Crippen MR) is 54.4 cm³/mol. The molecule has 74 valence electrons. The third-order valence-corrected chi connectivity index (χ3v) is 2.66. The Morgan fingerprint density at radius 2 is 2.36 bits per heavy atom. The van der Waals surface area contributed by atoms with Gasteiger partial charge in [-0.1, -0.05) is 6.08 Å². The van der Waals surface area contributed by atoms with Crippen molar-refractivity contribution < 1.29 is 4.79 Å². The van der Waals surface area contributed by atoms with E-state index in [0.717, 1.165) is 30.9 Å². The van der Waals surface area contributed by atoms with Gasteiger partial charge in [0.05, 0.1) is 0 Å². The molecule has 0 N–H and O–H groups in total. The highest BCUT2D eigenvalue weighted by atomic mass is 16.1. The molecule has 1 aliphatic rings. The maximum Gasteiger partial charge on any atom is 0.183 e. The molecule has 2 rings (SSSR count). The number of aryl methyl sites for hydroxylation is 1. The third kappa shape index (κ3) is 1.29. The molecule has 0 amide bonds. The summed E-state index contributed by atoms with van der Waals surface area (Å²) in [5.74, 6) is 1.11. The van der Waals surface area contributed by atoms with Gasteiger partial charge in [0.25, 0.3) is 0 Å². The highest BCUT2D eigenvalue weighted by Crippen LogP contribution is 2.21. The Morgan fingerprint density at radius 1 is 1.57 bits per heavy atom. The molecule has 0 radical (unpaired) electrons. The van der Waals surface area contributed by atoms with Gasteiger partial charge in [0.1, 0.15) is 11.5 Å². The van der Waals surface area contributed by atoms with Crippen molar-refractivity contribution in [1.82, 2.24) is 9.55 Å². The first-order valence-corrected chi connectivity index (χ1v) is 4.94. The molecule has 0 spiro atoms. The average Bonchev–Trinajstić information content (AvgIpc) is 2.47. The van der Waals surface area contributed by atoms with E-state index in [1.165, 1.54) is 0 Å². The quantitative estimate of drug-likeness (QED) is 0.667. The third-order valence-electron chi connectivity index (χ3n) is 2.66.